The minimum atomic E-state index is -0.0282. The molecule has 0 aliphatic carbocycles. The van der Waals surface area contributed by atoms with E-state index in [-0.39, 0.29) is 5.91 Å². The van der Waals surface area contributed by atoms with Crippen LogP contribution in [0.3, 0.4) is 0 Å². The van der Waals surface area contributed by atoms with Gasteiger partial charge >= 0.3 is 0 Å². The third-order valence-electron chi connectivity index (χ3n) is 5.14. The molecule has 0 radical (unpaired) electrons. The number of carbonyl (C=O) groups is 1. The number of benzene rings is 2. The van der Waals surface area contributed by atoms with Crippen LogP contribution in [0.4, 0.5) is 11.5 Å². The van der Waals surface area contributed by atoms with E-state index >= 15 is 0 Å². The van der Waals surface area contributed by atoms with Gasteiger partial charge in [0, 0.05) is 42.7 Å². The zero-order valence-electron chi connectivity index (χ0n) is 15.4. The topological polar surface area (TPSA) is 73.9 Å². The van der Waals surface area contributed by atoms with Gasteiger partial charge in [-0.25, -0.2) is 4.98 Å². The lowest BCUT2D eigenvalue weighted by atomic mass is 10.1. The second-order valence-electron chi connectivity index (χ2n) is 6.88. The molecule has 6 nitrogen and oxygen atoms in total. The second-order valence-corrected chi connectivity index (χ2v) is 6.88. The SMILES string of the molecule is CN(c1ccccc1)c1cnc2cccc(-c3cc4c([nH]3)CCNC4=O)c2n1. The summed E-state index contributed by atoms with van der Waals surface area (Å²) in [6.45, 7) is 0.660. The monoisotopic (exact) mass is 369 g/mol. The standard InChI is InChI=1S/C22H19N5O/c1-27(14-6-3-2-4-7-14)20-13-24-18-9-5-8-15(21(18)26-20)19-12-16-17(25-19)10-11-23-22(16)28/h2-9,12-13,25H,10-11H2,1H3,(H,23,28). The summed E-state index contributed by atoms with van der Waals surface area (Å²) in [6.07, 6.45) is 2.59. The van der Waals surface area contributed by atoms with Crippen LogP contribution in [0, 0.1) is 0 Å². The summed E-state index contributed by atoms with van der Waals surface area (Å²) < 4.78 is 0. The molecule has 0 bridgehead atoms. The predicted molar refractivity (Wildman–Crippen MR) is 110 cm³/mol. The van der Waals surface area contributed by atoms with Gasteiger partial charge in [0.05, 0.1) is 17.3 Å². The van der Waals surface area contributed by atoms with E-state index in [2.05, 4.69) is 15.3 Å². The molecule has 5 rings (SSSR count). The Morgan fingerprint density at radius 2 is 1.89 bits per heavy atom. The van der Waals surface area contributed by atoms with Crippen LogP contribution in [0.2, 0.25) is 0 Å². The summed E-state index contributed by atoms with van der Waals surface area (Å²) in [5, 5.41) is 2.89. The highest BCUT2D eigenvalue weighted by Crippen LogP contribution is 2.30. The molecule has 28 heavy (non-hydrogen) atoms. The summed E-state index contributed by atoms with van der Waals surface area (Å²) in [6, 6.07) is 17.9. The molecule has 2 N–H and O–H groups in total. The van der Waals surface area contributed by atoms with Gasteiger partial charge in [-0.1, -0.05) is 30.3 Å². The third-order valence-corrected chi connectivity index (χ3v) is 5.14. The predicted octanol–water partition coefficient (Wildman–Crippen LogP) is 3.68. The van der Waals surface area contributed by atoms with E-state index in [1.807, 2.05) is 66.5 Å². The van der Waals surface area contributed by atoms with Crippen molar-refractivity contribution in [3.05, 3.63) is 72.1 Å². The average molecular weight is 369 g/mol. The molecule has 0 atom stereocenters. The van der Waals surface area contributed by atoms with E-state index in [1.165, 1.54) is 0 Å². The van der Waals surface area contributed by atoms with Crippen LogP contribution < -0.4 is 10.2 Å². The van der Waals surface area contributed by atoms with Gasteiger partial charge < -0.3 is 15.2 Å². The van der Waals surface area contributed by atoms with Crippen molar-refractivity contribution in [3.63, 3.8) is 0 Å². The molecule has 2 aromatic carbocycles. The summed E-state index contributed by atoms with van der Waals surface area (Å²) in [7, 11) is 1.98. The van der Waals surface area contributed by atoms with Crippen molar-refractivity contribution in [2.45, 2.75) is 6.42 Å². The maximum Gasteiger partial charge on any atom is 0.253 e. The van der Waals surface area contributed by atoms with E-state index in [0.717, 1.165) is 45.9 Å². The molecule has 0 fully saturated rings. The molecule has 4 aromatic rings. The number of fused-ring (bicyclic) bond motifs is 2. The van der Waals surface area contributed by atoms with Crippen molar-refractivity contribution in [3.8, 4) is 11.3 Å². The molecule has 0 saturated heterocycles. The smallest absolute Gasteiger partial charge is 0.253 e. The van der Waals surface area contributed by atoms with Gasteiger partial charge in [-0.05, 0) is 24.3 Å². The first kappa shape index (κ1) is 16.5. The number of anilines is 2. The highest BCUT2D eigenvalue weighted by molar-refractivity contribution is 5.99. The maximum absolute atomic E-state index is 12.1. The number of amides is 1. The van der Waals surface area contributed by atoms with Crippen LogP contribution in [0.25, 0.3) is 22.3 Å². The first-order chi connectivity index (χ1) is 13.7. The maximum atomic E-state index is 12.1. The molecule has 1 aliphatic heterocycles. The Labute approximate surface area is 162 Å². The molecule has 3 heterocycles. The van der Waals surface area contributed by atoms with Crippen LogP contribution in [-0.4, -0.2) is 34.5 Å². The van der Waals surface area contributed by atoms with E-state index in [4.69, 9.17) is 4.98 Å². The van der Waals surface area contributed by atoms with Gasteiger partial charge in [-0.15, -0.1) is 0 Å². The first-order valence-electron chi connectivity index (χ1n) is 9.26. The van der Waals surface area contributed by atoms with Crippen molar-refractivity contribution in [1.82, 2.24) is 20.3 Å². The van der Waals surface area contributed by atoms with Crippen molar-refractivity contribution in [1.29, 1.82) is 0 Å². The highest BCUT2D eigenvalue weighted by Gasteiger charge is 2.21. The van der Waals surface area contributed by atoms with Gasteiger partial charge in [-0.3, -0.25) is 9.78 Å². The fourth-order valence-corrected chi connectivity index (χ4v) is 3.63. The zero-order chi connectivity index (χ0) is 19.1. The Bertz CT molecular complexity index is 1180. The molecule has 1 aliphatic rings. The molecule has 6 heteroatoms. The number of rotatable bonds is 3. The number of para-hydroxylation sites is 2. The van der Waals surface area contributed by atoms with Crippen LogP contribution in [0.5, 0.6) is 0 Å². The van der Waals surface area contributed by atoms with Crippen LogP contribution >= 0.6 is 0 Å². The third kappa shape index (κ3) is 2.70. The van der Waals surface area contributed by atoms with E-state index < -0.39 is 0 Å². The van der Waals surface area contributed by atoms with Crippen molar-refractivity contribution >= 4 is 28.4 Å². The normalized spacial score (nSPS) is 13.2. The van der Waals surface area contributed by atoms with Crippen molar-refractivity contribution in [2.75, 3.05) is 18.5 Å². The summed E-state index contributed by atoms with van der Waals surface area (Å²) in [5.74, 6) is 0.736. The Kier molecular flexibility index (Phi) is 3.83. The van der Waals surface area contributed by atoms with E-state index in [9.17, 15) is 4.79 Å². The van der Waals surface area contributed by atoms with Gasteiger partial charge in [0.25, 0.3) is 5.91 Å². The summed E-state index contributed by atoms with van der Waals surface area (Å²) >= 11 is 0. The van der Waals surface area contributed by atoms with Gasteiger partial charge in [0.15, 0.2) is 5.82 Å². The van der Waals surface area contributed by atoms with Crippen LogP contribution in [0.15, 0.2) is 60.8 Å². The number of hydrogen-bond donors (Lipinski definition) is 2. The molecule has 2 aromatic heterocycles. The molecule has 0 unspecified atom stereocenters. The van der Waals surface area contributed by atoms with Crippen LogP contribution in [0.1, 0.15) is 16.1 Å². The van der Waals surface area contributed by atoms with Crippen LogP contribution in [-0.2, 0) is 6.42 Å². The zero-order valence-corrected chi connectivity index (χ0v) is 15.4. The average Bonchev–Trinajstić information content (AvgIpc) is 3.18. The molecule has 1 amide bonds. The molecule has 0 saturated carbocycles. The Morgan fingerprint density at radius 3 is 2.71 bits per heavy atom. The van der Waals surface area contributed by atoms with Gasteiger partial charge in [0.1, 0.15) is 5.52 Å². The number of aromatic nitrogens is 3. The highest BCUT2D eigenvalue weighted by atomic mass is 16.1. The molecular weight excluding hydrogens is 350 g/mol. The second kappa shape index (κ2) is 6.49. The lowest BCUT2D eigenvalue weighted by molar-refractivity contribution is 0.0946. The fraction of sp³-hybridized carbons (Fsp3) is 0.136. The molecule has 138 valence electrons. The van der Waals surface area contributed by atoms with E-state index in [1.54, 1.807) is 6.20 Å². The number of hydrogen-bond acceptors (Lipinski definition) is 4. The minimum absolute atomic E-state index is 0.0282. The van der Waals surface area contributed by atoms with Crippen molar-refractivity contribution in [2.24, 2.45) is 0 Å². The number of nitrogens with zero attached hydrogens (tertiary/aromatic N) is 3. The van der Waals surface area contributed by atoms with Gasteiger partial charge in [0.2, 0.25) is 0 Å². The largest absolute Gasteiger partial charge is 0.358 e. The summed E-state index contributed by atoms with van der Waals surface area (Å²) in [4.78, 5) is 27.1. The Hall–Kier alpha value is -3.67. The first-order valence-corrected chi connectivity index (χ1v) is 9.26. The number of aromatic amines is 1. The fourth-order valence-electron chi connectivity index (χ4n) is 3.63. The van der Waals surface area contributed by atoms with E-state index in [0.29, 0.717) is 12.1 Å². The Balaban J connectivity index is 1.63. The number of H-pyrrole nitrogens is 1. The molecular formula is C22H19N5O. The number of carbonyl (C=O) groups excluding carboxylic acids is 1. The molecule has 0 spiro atoms. The lowest BCUT2D eigenvalue weighted by Crippen LogP contribution is -2.31. The summed E-state index contributed by atoms with van der Waals surface area (Å²) in [5.41, 5.74) is 6.18. The Morgan fingerprint density at radius 1 is 1.04 bits per heavy atom. The number of nitrogens with one attached hydrogen (secondary N) is 2. The quantitative estimate of drug-likeness (QED) is 0.578. The van der Waals surface area contributed by atoms with Crippen molar-refractivity contribution < 1.29 is 4.79 Å². The van der Waals surface area contributed by atoms with Gasteiger partial charge in [-0.2, -0.15) is 0 Å². The lowest BCUT2D eigenvalue weighted by Gasteiger charge is -2.18. The minimum Gasteiger partial charge on any atom is -0.358 e.